The van der Waals surface area contributed by atoms with E-state index in [-0.39, 0.29) is 5.41 Å². The fraction of sp³-hybridized carbons (Fsp3) is 0.389. The van der Waals surface area contributed by atoms with Crippen LogP contribution in [0.2, 0.25) is 0 Å². The van der Waals surface area contributed by atoms with Gasteiger partial charge in [0.25, 0.3) is 0 Å². The third kappa shape index (κ3) is 3.97. The van der Waals surface area contributed by atoms with Gasteiger partial charge in [0.1, 0.15) is 11.5 Å². The van der Waals surface area contributed by atoms with Gasteiger partial charge in [-0.05, 0) is 25.3 Å². The minimum Gasteiger partial charge on any atom is -0.455 e. The minimum absolute atomic E-state index is 0.0358. The molecule has 1 aromatic carbocycles. The van der Waals surface area contributed by atoms with Crippen LogP contribution in [0.1, 0.15) is 38.8 Å². The van der Waals surface area contributed by atoms with Crippen molar-refractivity contribution in [3.05, 3.63) is 47.8 Å². The summed E-state index contributed by atoms with van der Waals surface area (Å²) in [5.41, 5.74) is 3.45. The van der Waals surface area contributed by atoms with Gasteiger partial charge in [-0.25, -0.2) is 0 Å². The standard InChI is InChI=1S/C18H24N2O/c1-6-20-14-10-15(12-19-11-14)21-17-8-7-13(2)9-16(17)18(3,4)5/h7-12,20H,6H2,1-5H3. The van der Waals surface area contributed by atoms with Gasteiger partial charge < -0.3 is 10.1 Å². The van der Waals surface area contributed by atoms with Gasteiger partial charge in [0.05, 0.1) is 18.1 Å². The molecule has 112 valence electrons. The molecule has 0 amide bonds. The number of hydrogen-bond donors (Lipinski definition) is 1. The molecule has 0 fully saturated rings. The first kappa shape index (κ1) is 15.4. The molecule has 0 aliphatic heterocycles. The number of hydrogen-bond acceptors (Lipinski definition) is 3. The Hall–Kier alpha value is -2.03. The summed E-state index contributed by atoms with van der Waals surface area (Å²) < 4.78 is 6.08. The molecule has 0 saturated carbocycles. The molecule has 1 aromatic heterocycles. The summed E-state index contributed by atoms with van der Waals surface area (Å²) in [5, 5.41) is 3.25. The first-order chi connectivity index (χ1) is 9.90. The van der Waals surface area contributed by atoms with E-state index >= 15 is 0 Å². The van der Waals surface area contributed by atoms with Gasteiger partial charge in [0.15, 0.2) is 0 Å². The maximum atomic E-state index is 6.08. The Labute approximate surface area is 127 Å². The molecule has 0 spiro atoms. The Morgan fingerprint density at radius 2 is 1.90 bits per heavy atom. The summed E-state index contributed by atoms with van der Waals surface area (Å²) >= 11 is 0. The highest BCUT2D eigenvalue weighted by molar-refractivity contribution is 5.48. The molecule has 0 aliphatic carbocycles. The van der Waals surface area contributed by atoms with Crippen LogP contribution in [-0.4, -0.2) is 11.5 Å². The molecule has 0 aliphatic rings. The van der Waals surface area contributed by atoms with Crippen LogP contribution in [0, 0.1) is 6.92 Å². The molecule has 0 atom stereocenters. The van der Waals surface area contributed by atoms with Gasteiger partial charge in [0.2, 0.25) is 0 Å². The smallest absolute Gasteiger partial charge is 0.147 e. The fourth-order valence-electron chi connectivity index (χ4n) is 2.22. The Bertz CT molecular complexity index is 615. The number of pyridine rings is 1. The molecular formula is C18H24N2O. The molecule has 1 N–H and O–H groups in total. The van der Waals surface area contributed by atoms with E-state index in [2.05, 4.69) is 57.1 Å². The van der Waals surface area contributed by atoms with Crippen molar-refractivity contribution in [2.75, 3.05) is 11.9 Å². The number of nitrogens with zero attached hydrogens (tertiary/aromatic N) is 1. The number of rotatable bonds is 4. The van der Waals surface area contributed by atoms with Crippen molar-refractivity contribution < 1.29 is 4.74 Å². The van der Waals surface area contributed by atoms with Crippen LogP contribution in [0.3, 0.4) is 0 Å². The van der Waals surface area contributed by atoms with Crippen molar-refractivity contribution in [2.45, 2.75) is 40.0 Å². The van der Waals surface area contributed by atoms with Crippen LogP contribution in [0.25, 0.3) is 0 Å². The third-order valence-corrected chi connectivity index (χ3v) is 3.26. The zero-order chi connectivity index (χ0) is 15.5. The number of benzene rings is 1. The second-order valence-corrected chi connectivity index (χ2v) is 6.29. The van der Waals surface area contributed by atoms with Crippen molar-refractivity contribution in [3.63, 3.8) is 0 Å². The number of nitrogens with one attached hydrogen (secondary N) is 1. The Morgan fingerprint density at radius 3 is 2.57 bits per heavy atom. The normalized spacial score (nSPS) is 11.3. The van der Waals surface area contributed by atoms with E-state index in [1.807, 2.05) is 12.1 Å². The highest BCUT2D eigenvalue weighted by Crippen LogP contribution is 2.35. The second-order valence-electron chi connectivity index (χ2n) is 6.29. The zero-order valence-corrected chi connectivity index (χ0v) is 13.5. The summed E-state index contributed by atoms with van der Waals surface area (Å²) in [6.07, 6.45) is 3.54. The predicted octanol–water partition coefficient (Wildman–Crippen LogP) is 4.91. The number of ether oxygens (including phenoxy) is 1. The summed E-state index contributed by atoms with van der Waals surface area (Å²) in [7, 11) is 0. The predicted molar refractivity (Wildman–Crippen MR) is 88.4 cm³/mol. The molecule has 2 aromatic rings. The number of anilines is 1. The summed E-state index contributed by atoms with van der Waals surface area (Å²) in [5.74, 6) is 1.64. The molecule has 3 nitrogen and oxygen atoms in total. The SMILES string of the molecule is CCNc1cncc(Oc2ccc(C)cc2C(C)(C)C)c1. The average molecular weight is 284 g/mol. The molecule has 0 unspecified atom stereocenters. The van der Waals surface area contributed by atoms with Crippen LogP contribution in [0.5, 0.6) is 11.5 Å². The minimum atomic E-state index is 0.0358. The van der Waals surface area contributed by atoms with E-state index in [4.69, 9.17) is 4.74 Å². The van der Waals surface area contributed by atoms with Crippen molar-refractivity contribution in [2.24, 2.45) is 0 Å². The van der Waals surface area contributed by atoms with Gasteiger partial charge >= 0.3 is 0 Å². The lowest BCUT2D eigenvalue weighted by atomic mass is 9.85. The number of aromatic nitrogens is 1. The summed E-state index contributed by atoms with van der Waals surface area (Å²) in [6, 6.07) is 8.28. The highest BCUT2D eigenvalue weighted by Gasteiger charge is 2.19. The first-order valence-electron chi connectivity index (χ1n) is 7.38. The Balaban J connectivity index is 2.33. The van der Waals surface area contributed by atoms with E-state index in [1.54, 1.807) is 12.4 Å². The molecule has 21 heavy (non-hydrogen) atoms. The Morgan fingerprint density at radius 1 is 1.14 bits per heavy atom. The molecule has 0 radical (unpaired) electrons. The van der Waals surface area contributed by atoms with E-state index in [0.717, 1.165) is 23.7 Å². The zero-order valence-electron chi connectivity index (χ0n) is 13.5. The van der Waals surface area contributed by atoms with Gasteiger partial charge in [0, 0.05) is 18.2 Å². The maximum absolute atomic E-state index is 6.08. The van der Waals surface area contributed by atoms with Crippen LogP contribution in [0.4, 0.5) is 5.69 Å². The summed E-state index contributed by atoms with van der Waals surface area (Å²) in [6.45, 7) is 11.6. The van der Waals surface area contributed by atoms with Crippen LogP contribution < -0.4 is 10.1 Å². The largest absolute Gasteiger partial charge is 0.455 e. The number of aryl methyl sites for hydroxylation is 1. The van der Waals surface area contributed by atoms with Crippen LogP contribution in [-0.2, 0) is 5.41 Å². The van der Waals surface area contributed by atoms with Gasteiger partial charge in [-0.2, -0.15) is 0 Å². The third-order valence-electron chi connectivity index (χ3n) is 3.26. The maximum Gasteiger partial charge on any atom is 0.147 e. The molecular weight excluding hydrogens is 260 g/mol. The lowest BCUT2D eigenvalue weighted by Crippen LogP contribution is -2.12. The van der Waals surface area contributed by atoms with Crippen molar-refractivity contribution in [1.82, 2.24) is 4.98 Å². The highest BCUT2D eigenvalue weighted by atomic mass is 16.5. The van der Waals surface area contributed by atoms with Gasteiger partial charge in [-0.1, -0.05) is 38.5 Å². The molecule has 0 saturated heterocycles. The van der Waals surface area contributed by atoms with E-state index in [9.17, 15) is 0 Å². The molecule has 0 bridgehead atoms. The monoisotopic (exact) mass is 284 g/mol. The molecule has 3 heteroatoms. The average Bonchev–Trinajstić information content (AvgIpc) is 2.40. The quantitative estimate of drug-likeness (QED) is 0.866. The lowest BCUT2D eigenvalue weighted by Gasteiger charge is -2.23. The van der Waals surface area contributed by atoms with Crippen molar-refractivity contribution in [1.29, 1.82) is 0 Å². The van der Waals surface area contributed by atoms with Crippen molar-refractivity contribution in [3.8, 4) is 11.5 Å². The van der Waals surface area contributed by atoms with Crippen LogP contribution >= 0.6 is 0 Å². The van der Waals surface area contributed by atoms with Crippen LogP contribution in [0.15, 0.2) is 36.7 Å². The van der Waals surface area contributed by atoms with E-state index in [1.165, 1.54) is 11.1 Å². The second kappa shape index (κ2) is 6.17. The Kier molecular flexibility index (Phi) is 4.51. The fourth-order valence-corrected chi connectivity index (χ4v) is 2.22. The molecule has 2 rings (SSSR count). The van der Waals surface area contributed by atoms with Gasteiger partial charge in [-0.3, -0.25) is 4.98 Å². The van der Waals surface area contributed by atoms with Gasteiger partial charge in [-0.15, -0.1) is 0 Å². The topological polar surface area (TPSA) is 34.2 Å². The summed E-state index contributed by atoms with van der Waals surface area (Å²) in [4.78, 5) is 4.22. The van der Waals surface area contributed by atoms with E-state index in [0.29, 0.717) is 0 Å². The molecule has 1 heterocycles. The van der Waals surface area contributed by atoms with E-state index < -0.39 is 0 Å². The lowest BCUT2D eigenvalue weighted by molar-refractivity contribution is 0.453. The first-order valence-corrected chi connectivity index (χ1v) is 7.38. The van der Waals surface area contributed by atoms with Crippen molar-refractivity contribution >= 4 is 5.69 Å².